The zero-order chi connectivity index (χ0) is 20.4. The highest BCUT2D eigenvalue weighted by atomic mass is 16.2. The molecule has 4 heterocycles. The summed E-state index contributed by atoms with van der Waals surface area (Å²) in [6, 6.07) is 8.64. The first kappa shape index (κ1) is 19.4. The molecule has 2 aliphatic rings. The van der Waals surface area contributed by atoms with Crippen LogP contribution in [-0.4, -0.2) is 45.9 Å². The normalized spacial score (nSPS) is 22.7. The van der Waals surface area contributed by atoms with Crippen LogP contribution in [0.1, 0.15) is 54.2 Å². The SMILES string of the molecule is CCCC(=O)NC[C@H]1[C@H]2C[C@H](CN(C(=O)c3ccncc3)C2)c2cccc(=O)n21. The van der Waals surface area contributed by atoms with Crippen LogP contribution in [0.15, 0.2) is 47.5 Å². The van der Waals surface area contributed by atoms with E-state index in [1.807, 2.05) is 22.5 Å². The van der Waals surface area contributed by atoms with E-state index in [1.54, 1.807) is 36.7 Å². The minimum absolute atomic E-state index is 0.000631. The Balaban J connectivity index is 1.63. The van der Waals surface area contributed by atoms with Crippen LogP contribution in [0.4, 0.5) is 0 Å². The number of aromatic nitrogens is 2. The summed E-state index contributed by atoms with van der Waals surface area (Å²) < 4.78 is 1.85. The average molecular weight is 394 g/mol. The Morgan fingerprint density at radius 2 is 1.97 bits per heavy atom. The number of likely N-dealkylation sites (tertiary alicyclic amines) is 1. The van der Waals surface area contributed by atoms with Crippen molar-refractivity contribution in [1.29, 1.82) is 0 Å². The molecule has 0 saturated carbocycles. The molecule has 2 amide bonds. The van der Waals surface area contributed by atoms with Crippen LogP contribution >= 0.6 is 0 Å². The molecule has 0 aliphatic carbocycles. The maximum atomic E-state index is 13.0. The molecule has 29 heavy (non-hydrogen) atoms. The number of nitrogens with zero attached hydrogens (tertiary/aromatic N) is 3. The van der Waals surface area contributed by atoms with E-state index in [0.29, 0.717) is 31.6 Å². The highest BCUT2D eigenvalue weighted by Crippen LogP contribution is 2.41. The molecule has 2 aromatic rings. The molecule has 0 radical (unpaired) electrons. The monoisotopic (exact) mass is 394 g/mol. The van der Waals surface area contributed by atoms with Crippen molar-refractivity contribution in [3.8, 4) is 0 Å². The number of nitrogens with one attached hydrogen (secondary N) is 1. The third-order valence-electron chi connectivity index (χ3n) is 6.00. The van der Waals surface area contributed by atoms with Crippen LogP contribution in [0, 0.1) is 5.92 Å². The standard InChI is InChI=1S/C22H26N4O3/c1-2-4-20(27)24-12-19-17-11-16(18-5-3-6-21(28)26(18)19)13-25(14-17)22(29)15-7-9-23-10-8-15/h3,5-10,16-17,19H,2,4,11-14H2,1H3,(H,24,27)/t16-,17+,19+/m1/s1. The van der Waals surface area contributed by atoms with Crippen LogP contribution in [0.25, 0.3) is 0 Å². The van der Waals surface area contributed by atoms with Crippen LogP contribution in [0.2, 0.25) is 0 Å². The zero-order valence-corrected chi connectivity index (χ0v) is 16.6. The van der Waals surface area contributed by atoms with Gasteiger partial charge in [-0.25, -0.2) is 0 Å². The molecular weight excluding hydrogens is 368 g/mol. The second kappa shape index (κ2) is 8.19. The van der Waals surface area contributed by atoms with Gasteiger partial charge in [0.05, 0.1) is 6.04 Å². The third-order valence-corrected chi connectivity index (χ3v) is 6.00. The molecule has 1 saturated heterocycles. The van der Waals surface area contributed by atoms with Crippen molar-refractivity contribution in [3.05, 3.63) is 64.3 Å². The molecule has 4 rings (SSSR count). The average Bonchev–Trinajstić information content (AvgIpc) is 2.74. The Labute approximate surface area is 169 Å². The van der Waals surface area contributed by atoms with E-state index in [-0.39, 0.29) is 35.3 Å². The third kappa shape index (κ3) is 3.81. The Bertz CT molecular complexity index is 956. The van der Waals surface area contributed by atoms with Gasteiger partial charge in [0.2, 0.25) is 5.91 Å². The lowest BCUT2D eigenvalue weighted by Gasteiger charge is -2.47. The van der Waals surface area contributed by atoms with Crippen molar-refractivity contribution in [2.24, 2.45) is 5.92 Å². The number of carbonyl (C=O) groups is 2. The molecule has 0 spiro atoms. The van der Waals surface area contributed by atoms with Crippen molar-refractivity contribution in [2.75, 3.05) is 19.6 Å². The molecule has 2 aromatic heterocycles. The lowest BCUT2D eigenvalue weighted by Crippen LogP contribution is -2.53. The van der Waals surface area contributed by atoms with Crippen molar-refractivity contribution in [1.82, 2.24) is 19.8 Å². The van der Waals surface area contributed by atoms with Gasteiger partial charge in [0, 0.05) is 61.7 Å². The quantitative estimate of drug-likeness (QED) is 0.840. The van der Waals surface area contributed by atoms with E-state index in [4.69, 9.17) is 0 Å². The predicted octanol–water partition coefficient (Wildman–Crippen LogP) is 1.96. The van der Waals surface area contributed by atoms with Crippen molar-refractivity contribution < 1.29 is 9.59 Å². The number of hydrogen-bond donors (Lipinski definition) is 1. The van der Waals surface area contributed by atoms with E-state index in [9.17, 15) is 14.4 Å². The summed E-state index contributed by atoms with van der Waals surface area (Å²) in [6.45, 7) is 3.54. The summed E-state index contributed by atoms with van der Waals surface area (Å²) >= 11 is 0. The van der Waals surface area contributed by atoms with Gasteiger partial charge in [-0.3, -0.25) is 19.4 Å². The molecule has 7 nitrogen and oxygen atoms in total. The topological polar surface area (TPSA) is 84.3 Å². The second-order valence-electron chi connectivity index (χ2n) is 7.92. The summed E-state index contributed by atoms with van der Waals surface area (Å²) in [5.41, 5.74) is 1.54. The number of fused-ring (bicyclic) bond motifs is 4. The first-order valence-electron chi connectivity index (χ1n) is 10.3. The van der Waals surface area contributed by atoms with Crippen LogP contribution < -0.4 is 10.9 Å². The summed E-state index contributed by atoms with van der Waals surface area (Å²) in [7, 11) is 0. The number of piperidine rings is 1. The molecular formula is C22H26N4O3. The van der Waals surface area contributed by atoms with Gasteiger partial charge in [-0.15, -0.1) is 0 Å². The minimum Gasteiger partial charge on any atom is -0.354 e. The summed E-state index contributed by atoms with van der Waals surface area (Å²) in [5, 5.41) is 2.99. The molecule has 2 bridgehead atoms. The van der Waals surface area contributed by atoms with Gasteiger partial charge in [0.1, 0.15) is 0 Å². The first-order valence-corrected chi connectivity index (χ1v) is 10.3. The zero-order valence-electron chi connectivity index (χ0n) is 16.6. The van der Waals surface area contributed by atoms with E-state index in [2.05, 4.69) is 10.3 Å². The Hall–Kier alpha value is -2.96. The largest absolute Gasteiger partial charge is 0.354 e. The molecule has 7 heteroatoms. The van der Waals surface area contributed by atoms with E-state index in [1.165, 1.54) is 0 Å². The van der Waals surface area contributed by atoms with Crippen molar-refractivity contribution in [2.45, 2.75) is 38.1 Å². The van der Waals surface area contributed by atoms with E-state index in [0.717, 1.165) is 18.5 Å². The van der Waals surface area contributed by atoms with Gasteiger partial charge in [0.25, 0.3) is 11.5 Å². The Morgan fingerprint density at radius 3 is 2.72 bits per heavy atom. The van der Waals surface area contributed by atoms with Gasteiger partial charge in [0.15, 0.2) is 0 Å². The number of rotatable bonds is 5. The maximum absolute atomic E-state index is 13.0. The second-order valence-corrected chi connectivity index (χ2v) is 7.92. The van der Waals surface area contributed by atoms with E-state index < -0.39 is 0 Å². The van der Waals surface area contributed by atoms with E-state index >= 15 is 0 Å². The fourth-order valence-electron chi connectivity index (χ4n) is 4.68. The number of hydrogen-bond acceptors (Lipinski definition) is 4. The van der Waals surface area contributed by atoms with Crippen LogP contribution in [0.3, 0.4) is 0 Å². The Morgan fingerprint density at radius 1 is 1.17 bits per heavy atom. The molecule has 152 valence electrons. The lowest BCUT2D eigenvalue weighted by atomic mass is 9.78. The molecule has 1 fully saturated rings. The number of carbonyl (C=O) groups excluding carboxylic acids is 2. The Kier molecular flexibility index (Phi) is 5.47. The lowest BCUT2D eigenvalue weighted by molar-refractivity contribution is -0.121. The highest BCUT2D eigenvalue weighted by Gasteiger charge is 2.41. The van der Waals surface area contributed by atoms with Crippen molar-refractivity contribution in [3.63, 3.8) is 0 Å². The highest BCUT2D eigenvalue weighted by molar-refractivity contribution is 5.94. The fourth-order valence-corrected chi connectivity index (χ4v) is 4.68. The van der Waals surface area contributed by atoms with Gasteiger partial charge in [-0.05, 0) is 37.0 Å². The minimum atomic E-state index is -0.149. The smallest absolute Gasteiger partial charge is 0.253 e. The van der Waals surface area contributed by atoms with Gasteiger partial charge in [-0.1, -0.05) is 13.0 Å². The van der Waals surface area contributed by atoms with Gasteiger partial charge < -0.3 is 14.8 Å². The van der Waals surface area contributed by atoms with Gasteiger partial charge >= 0.3 is 0 Å². The van der Waals surface area contributed by atoms with Crippen LogP contribution in [0.5, 0.6) is 0 Å². The summed E-state index contributed by atoms with van der Waals surface area (Å²) in [5.74, 6) is 0.230. The first-order chi connectivity index (χ1) is 14.1. The summed E-state index contributed by atoms with van der Waals surface area (Å²) in [4.78, 5) is 43.6. The number of pyridine rings is 2. The molecule has 1 N–H and O–H groups in total. The number of amides is 2. The van der Waals surface area contributed by atoms with Gasteiger partial charge in [-0.2, -0.15) is 0 Å². The van der Waals surface area contributed by atoms with Crippen molar-refractivity contribution >= 4 is 11.8 Å². The molecule has 2 aliphatic heterocycles. The predicted molar refractivity (Wildman–Crippen MR) is 109 cm³/mol. The maximum Gasteiger partial charge on any atom is 0.253 e. The molecule has 0 aromatic carbocycles. The molecule has 0 unspecified atom stereocenters. The van der Waals surface area contributed by atoms with Crippen LogP contribution in [-0.2, 0) is 4.79 Å². The summed E-state index contributed by atoms with van der Waals surface area (Å²) in [6.07, 6.45) is 5.42. The molecule has 3 atom stereocenters. The fraction of sp³-hybridized carbons (Fsp3) is 0.455.